The molecule has 1 saturated carbocycles. The standard InChI is InChI=1S/C13H22N2O3/c1-3-5-13(6-7-13)10-14-12(18)15(8-4-2)9-11(16)17/h4H,2-3,5-10H2,1H3,(H,14,18)(H,16,17). The number of hydrogen-bond donors (Lipinski definition) is 2. The first-order chi connectivity index (χ1) is 8.53. The molecule has 0 aromatic rings. The van der Waals surface area contributed by atoms with Crippen LogP contribution >= 0.6 is 0 Å². The quantitative estimate of drug-likeness (QED) is 0.649. The molecular formula is C13H22N2O3. The average Bonchev–Trinajstić information content (AvgIpc) is 3.06. The zero-order valence-electron chi connectivity index (χ0n) is 10.9. The second-order valence-electron chi connectivity index (χ2n) is 4.97. The van der Waals surface area contributed by atoms with Crippen LogP contribution in [0.15, 0.2) is 12.7 Å². The highest BCUT2D eigenvalue weighted by Gasteiger charge is 2.41. The number of nitrogens with one attached hydrogen (secondary N) is 1. The Morgan fingerprint density at radius 3 is 2.61 bits per heavy atom. The van der Waals surface area contributed by atoms with Crippen molar-refractivity contribution in [3.63, 3.8) is 0 Å². The maximum Gasteiger partial charge on any atom is 0.323 e. The van der Waals surface area contributed by atoms with Gasteiger partial charge in [-0.1, -0.05) is 19.4 Å². The summed E-state index contributed by atoms with van der Waals surface area (Å²) in [6.07, 6.45) is 6.07. The second kappa shape index (κ2) is 6.42. The van der Waals surface area contributed by atoms with Crippen LogP contribution in [0.25, 0.3) is 0 Å². The van der Waals surface area contributed by atoms with Gasteiger partial charge in [0, 0.05) is 13.1 Å². The number of nitrogens with zero attached hydrogens (tertiary/aromatic N) is 1. The molecule has 1 fully saturated rings. The zero-order chi connectivity index (χ0) is 13.6. The van der Waals surface area contributed by atoms with E-state index in [0.29, 0.717) is 6.54 Å². The van der Waals surface area contributed by atoms with E-state index in [4.69, 9.17) is 5.11 Å². The van der Waals surface area contributed by atoms with Crippen LogP contribution in [0.3, 0.4) is 0 Å². The molecule has 1 rings (SSSR count). The van der Waals surface area contributed by atoms with Gasteiger partial charge >= 0.3 is 12.0 Å². The fourth-order valence-electron chi connectivity index (χ4n) is 2.14. The van der Waals surface area contributed by atoms with Gasteiger partial charge in [-0.2, -0.15) is 0 Å². The van der Waals surface area contributed by atoms with Gasteiger partial charge in [-0.25, -0.2) is 4.79 Å². The number of aliphatic carboxylic acids is 1. The summed E-state index contributed by atoms with van der Waals surface area (Å²) >= 11 is 0. The van der Waals surface area contributed by atoms with Crippen LogP contribution in [0.5, 0.6) is 0 Å². The first kappa shape index (κ1) is 14.5. The van der Waals surface area contributed by atoms with Crippen LogP contribution in [0.2, 0.25) is 0 Å². The van der Waals surface area contributed by atoms with Gasteiger partial charge in [-0.15, -0.1) is 6.58 Å². The zero-order valence-corrected chi connectivity index (χ0v) is 10.9. The van der Waals surface area contributed by atoms with Crippen LogP contribution in [0.1, 0.15) is 32.6 Å². The van der Waals surface area contributed by atoms with Crippen LogP contribution < -0.4 is 5.32 Å². The van der Waals surface area contributed by atoms with Crippen molar-refractivity contribution in [1.82, 2.24) is 10.2 Å². The van der Waals surface area contributed by atoms with E-state index in [9.17, 15) is 9.59 Å². The first-order valence-corrected chi connectivity index (χ1v) is 6.38. The van der Waals surface area contributed by atoms with Crippen molar-refractivity contribution >= 4 is 12.0 Å². The lowest BCUT2D eigenvalue weighted by Crippen LogP contribution is -2.44. The maximum absolute atomic E-state index is 11.9. The number of rotatable bonds is 8. The Bertz CT molecular complexity index is 324. The average molecular weight is 254 g/mol. The smallest absolute Gasteiger partial charge is 0.323 e. The van der Waals surface area contributed by atoms with Crippen molar-refractivity contribution in [1.29, 1.82) is 0 Å². The minimum Gasteiger partial charge on any atom is -0.480 e. The third-order valence-electron chi connectivity index (χ3n) is 3.31. The number of carbonyl (C=O) groups excluding carboxylic acids is 1. The van der Waals surface area contributed by atoms with Gasteiger partial charge in [-0.3, -0.25) is 4.79 Å². The molecule has 0 aliphatic heterocycles. The van der Waals surface area contributed by atoms with Crippen molar-refractivity contribution in [3.05, 3.63) is 12.7 Å². The Hall–Kier alpha value is -1.52. The highest BCUT2D eigenvalue weighted by molar-refractivity contribution is 5.80. The van der Waals surface area contributed by atoms with E-state index < -0.39 is 5.97 Å². The van der Waals surface area contributed by atoms with Gasteiger partial charge in [0.2, 0.25) is 0 Å². The van der Waals surface area contributed by atoms with Gasteiger partial charge < -0.3 is 15.3 Å². The van der Waals surface area contributed by atoms with E-state index in [2.05, 4.69) is 18.8 Å². The SMILES string of the molecule is C=CCN(CC(=O)O)C(=O)NCC1(CCC)CC1. The minimum atomic E-state index is -1.01. The Kier molecular flexibility index (Phi) is 5.19. The molecule has 2 N–H and O–H groups in total. The molecule has 1 aliphatic rings. The summed E-state index contributed by atoms with van der Waals surface area (Å²) < 4.78 is 0. The largest absolute Gasteiger partial charge is 0.480 e. The van der Waals surface area contributed by atoms with E-state index in [1.807, 2.05) is 0 Å². The van der Waals surface area contributed by atoms with Gasteiger partial charge in [0.1, 0.15) is 6.54 Å². The molecule has 5 nitrogen and oxygen atoms in total. The number of hydrogen-bond acceptors (Lipinski definition) is 2. The number of carbonyl (C=O) groups is 2. The Balaban J connectivity index is 2.41. The molecular weight excluding hydrogens is 232 g/mol. The van der Waals surface area contributed by atoms with Crippen LogP contribution in [0.4, 0.5) is 4.79 Å². The number of urea groups is 1. The third-order valence-corrected chi connectivity index (χ3v) is 3.31. The normalized spacial score (nSPS) is 15.8. The lowest BCUT2D eigenvalue weighted by molar-refractivity contribution is -0.137. The van der Waals surface area contributed by atoms with Gasteiger partial charge in [0.05, 0.1) is 0 Å². The first-order valence-electron chi connectivity index (χ1n) is 6.38. The summed E-state index contributed by atoms with van der Waals surface area (Å²) in [6.45, 7) is 6.26. The Morgan fingerprint density at radius 1 is 1.50 bits per heavy atom. The Labute approximate surface area is 108 Å². The van der Waals surface area contributed by atoms with Gasteiger partial charge in [0.15, 0.2) is 0 Å². The summed E-state index contributed by atoms with van der Waals surface area (Å²) in [5, 5.41) is 11.6. The predicted octanol–water partition coefficient (Wildman–Crippen LogP) is 1.85. The summed E-state index contributed by atoms with van der Waals surface area (Å²) in [7, 11) is 0. The fourth-order valence-corrected chi connectivity index (χ4v) is 2.14. The summed E-state index contributed by atoms with van der Waals surface area (Å²) in [5.41, 5.74) is 0.271. The summed E-state index contributed by atoms with van der Waals surface area (Å²) in [6, 6.07) is -0.320. The van der Waals surface area contributed by atoms with E-state index in [1.165, 1.54) is 11.0 Å². The third kappa shape index (κ3) is 4.39. The molecule has 18 heavy (non-hydrogen) atoms. The molecule has 0 aromatic carbocycles. The van der Waals surface area contributed by atoms with E-state index in [-0.39, 0.29) is 24.5 Å². The van der Waals surface area contributed by atoms with Gasteiger partial charge in [0.25, 0.3) is 0 Å². The van der Waals surface area contributed by atoms with Crippen LogP contribution in [-0.4, -0.2) is 41.6 Å². The van der Waals surface area contributed by atoms with E-state index in [0.717, 1.165) is 25.7 Å². The second-order valence-corrected chi connectivity index (χ2v) is 4.97. The van der Waals surface area contributed by atoms with Gasteiger partial charge in [-0.05, 0) is 24.7 Å². The number of amides is 2. The van der Waals surface area contributed by atoms with E-state index in [1.54, 1.807) is 0 Å². The summed E-state index contributed by atoms with van der Waals surface area (Å²) in [4.78, 5) is 23.7. The molecule has 0 spiro atoms. The lowest BCUT2D eigenvalue weighted by atomic mass is 10.0. The monoisotopic (exact) mass is 254 g/mol. The fraction of sp³-hybridized carbons (Fsp3) is 0.692. The highest BCUT2D eigenvalue weighted by atomic mass is 16.4. The predicted molar refractivity (Wildman–Crippen MR) is 69.4 cm³/mol. The molecule has 102 valence electrons. The molecule has 0 heterocycles. The van der Waals surface area contributed by atoms with Crippen LogP contribution in [-0.2, 0) is 4.79 Å². The summed E-state index contributed by atoms with van der Waals surface area (Å²) in [5.74, 6) is -1.01. The minimum absolute atomic E-state index is 0.249. The number of carboxylic acid groups (broad SMARTS) is 1. The molecule has 0 atom stereocenters. The molecule has 0 bridgehead atoms. The molecule has 0 unspecified atom stereocenters. The highest BCUT2D eigenvalue weighted by Crippen LogP contribution is 2.48. The van der Waals surface area contributed by atoms with Crippen molar-refractivity contribution in [3.8, 4) is 0 Å². The molecule has 2 amide bonds. The lowest BCUT2D eigenvalue weighted by Gasteiger charge is -2.22. The molecule has 0 aromatic heterocycles. The molecule has 0 saturated heterocycles. The van der Waals surface area contributed by atoms with Crippen molar-refractivity contribution in [2.45, 2.75) is 32.6 Å². The molecule has 1 aliphatic carbocycles. The van der Waals surface area contributed by atoms with E-state index >= 15 is 0 Å². The van der Waals surface area contributed by atoms with Crippen molar-refractivity contribution in [2.75, 3.05) is 19.6 Å². The number of carboxylic acids is 1. The Morgan fingerprint density at radius 2 is 2.17 bits per heavy atom. The van der Waals surface area contributed by atoms with Crippen LogP contribution in [0, 0.1) is 5.41 Å². The van der Waals surface area contributed by atoms with Crippen molar-refractivity contribution < 1.29 is 14.7 Å². The maximum atomic E-state index is 11.9. The topological polar surface area (TPSA) is 69.6 Å². The van der Waals surface area contributed by atoms with Crippen molar-refractivity contribution in [2.24, 2.45) is 5.41 Å². The molecule has 5 heteroatoms. The molecule has 0 radical (unpaired) electrons.